The van der Waals surface area contributed by atoms with Crippen LogP contribution in [0.3, 0.4) is 0 Å². The zero-order valence-corrected chi connectivity index (χ0v) is 15.7. The van der Waals surface area contributed by atoms with E-state index >= 15 is 0 Å². The summed E-state index contributed by atoms with van der Waals surface area (Å²) in [4.78, 5) is 27.1. The summed E-state index contributed by atoms with van der Waals surface area (Å²) >= 11 is 12.0. The van der Waals surface area contributed by atoms with E-state index in [-0.39, 0.29) is 35.9 Å². The Hall–Kier alpha value is -1.31. The molecule has 1 heterocycles. The van der Waals surface area contributed by atoms with Crippen molar-refractivity contribution in [2.24, 2.45) is 0 Å². The van der Waals surface area contributed by atoms with Gasteiger partial charge in [-0.05, 0) is 24.6 Å². The average Bonchev–Trinajstić information content (AvgIpc) is 2.86. The molecule has 1 aliphatic rings. The Kier molecular flexibility index (Phi) is 5.78. The second-order valence-corrected chi connectivity index (χ2v) is 8.83. The second kappa shape index (κ2) is 7.29. The number of sulfone groups is 1. The number of nitrogens with zero attached hydrogens (tertiary/aromatic N) is 2. The lowest BCUT2D eigenvalue weighted by Gasteiger charge is -2.28. The van der Waals surface area contributed by atoms with E-state index in [0.717, 1.165) is 0 Å². The summed E-state index contributed by atoms with van der Waals surface area (Å²) < 4.78 is 23.1. The highest BCUT2D eigenvalue weighted by molar-refractivity contribution is 7.91. The van der Waals surface area contributed by atoms with Gasteiger partial charge in [-0.3, -0.25) is 9.59 Å². The van der Waals surface area contributed by atoms with Crippen LogP contribution in [0.5, 0.6) is 0 Å². The molecule has 1 unspecified atom stereocenters. The van der Waals surface area contributed by atoms with Gasteiger partial charge in [0.1, 0.15) is 6.54 Å². The van der Waals surface area contributed by atoms with Gasteiger partial charge in [0.25, 0.3) is 0 Å². The van der Waals surface area contributed by atoms with Crippen LogP contribution >= 0.6 is 23.2 Å². The monoisotopic (exact) mass is 392 g/mol. The highest BCUT2D eigenvalue weighted by Crippen LogP contribution is 2.29. The van der Waals surface area contributed by atoms with Gasteiger partial charge in [0.15, 0.2) is 9.84 Å². The lowest BCUT2D eigenvalue weighted by Crippen LogP contribution is -2.45. The molecule has 1 saturated heterocycles. The molecule has 1 fully saturated rings. The van der Waals surface area contributed by atoms with Crippen molar-refractivity contribution in [3.8, 4) is 0 Å². The molecule has 1 atom stereocenters. The first-order valence-electron chi connectivity index (χ1n) is 7.30. The van der Waals surface area contributed by atoms with Crippen LogP contribution in [0.1, 0.15) is 13.3 Å². The predicted molar refractivity (Wildman–Crippen MR) is 94.3 cm³/mol. The maximum Gasteiger partial charge on any atom is 0.242 e. The molecule has 2 amide bonds. The van der Waals surface area contributed by atoms with E-state index in [1.165, 1.54) is 22.8 Å². The van der Waals surface area contributed by atoms with Gasteiger partial charge in [-0.15, -0.1) is 0 Å². The fourth-order valence-corrected chi connectivity index (χ4v) is 4.75. The highest BCUT2D eigenvalue weighted by Gasteiger charge is 2.33. The van der Waals surface area contributed by atoms with Gasteiger partial charge < -0.3 is 9.80 Å². The van der Waals surface area contributed by atoms with E-state index in [0.29, 0.717) is 22.2 Å². The molecule has 0 aliphatic carbocycles. The molecular formula is C15H18Cl2N2O4S. The summed E-state index contributed by atoms with van der Waals surface area (Å²) in [5.41, 5.74) is 0.345. The van der Waals surface area contributed by atoms with Crippen LogP contribution in [0.4, 0.5) is 5.69 Å². The van der Waals surface area contributed by atoms with Crippen molar-refractivity contribution in [2.45, 2.75) is 19.4 Å². The van der Waals surface area contributed by atoms with Crippen molar-refractivity contribution in [1.29, 1.82) is 0 Å². The third-order valence-corrected chi connectivity index (χ3v) is 6.33. The smallest absolute Gasteiger partial charge is 0.242 e. The number of anilines is 1. The van der Waals surface area contributed by atoms with E-state index in [1.54, 1.807) is 19.2 Å². The molecule has 132 valence electrons. The summed E-state index contributed by atoms with van der Waals surface area (Å²) in [6.07, 6.45) is 0.405. The van der Waals surface area contributed by atoms with Crippen molar-refractivity contribution in [2.75, 3.05) is 30.0 Å². The van der Waals surface area contributed by atoms with Crippen LogP contribution in [-0.2, 0) is 19.4 Å². The topological polar surface area (TPSA) is 74.8 Å². The van der Waals surface area contributed by atoms with Crippen molar-refractivity contribution < 1.29 is 18.0 Å². The minimum absolute atomic E-state index is 0.0484. The van der Waals surface area contributed by atoms with Gasteiger partial charge in [-0.2, -0.15) is 0 Å². The number of halogens is 2. The predicted octanol–water partition coefficient (Wildman–Crippen LogP) is 1.99. The maximum atomic E-state index is 12.5. The summed E-state index contributed by atoms with van der Waals surface area (Å²) in [5, 5.41) is 0.692. The van der Waals surface area contributed by atoms with Crippen LogP contribution in [-0.4, -0.2) is 56.3 Å². The quantitative estimate of drug-likeness (QED) is 0.784. The van der Waals surface area contributed by atoms with Crippen molar-refractivity contribution in [1.82, 2.24) is 4.90 Å². The molecule has 0 saturated carbocycles. The lowest BCUT2D eigenvalue weighted by atomic mass is 10.2. The van der Waals surface area contributed by atoms with E-state index in [4.69, 9.17) is 23.2 Å². The third-order valence-electron chi connectivity index (χ3n) is 4.02. The Labute approximate surface area is 151 Å². The maximum absolute atomic E-state index is 12.5. The first kappa shape index (κ1) is 19.0. The van der Waals surface area contributed by atoms with Crippen molar-refractivity contribution in [3.05, 3.63) is 28.2 Å². The normalized spacial score (nSPS) is 19.1. The van der Waals surface area contributed by atoms with Gasteiger partial charge in [-0.1, -0.05) is 23.2 Å². The molecule has 1 aliphatic heterocycles. The number of benzene rings is 1. The zero-order chi connectivity index (χ0) is 18.1. The Bertz CT molecular complexity index is 767. The first-order chi connectivity index (χ1) is 11.1. The fourth-order valence-electron chi connectivity index (χ4n) is 2.59. The summed E-state index contributed by atoms with van der Waals surface area (Å²) in [5.74, 6) is -0.692. The zero-order valence-electron chi connectivity index (χ0n) is 13.3. The molecule has 9 heteroatoms. The molecule has 0 bridgehead atoms. The molecule has 1 aromatic rings. The van der Waals surface area contributed by atoms with Crippen molar-refractivity contribution >= 4 is 50.5 Å². The van der Waals surface area contributed by atoms with Gasteiger partial charge in [0, 0.05) is 25.0 Å². The summed E-state index contributed by atoms with van der Waals surface area (Å²) in [6, 6.07) is 4.28. The average molecular weight is 393 g/mol. The Morgan fingerprint density at radius 2 is 1.96 bits per heavy atom. The number of hydrogen-bond donors (Lipinski definition) is 0. The molecule has 6 nitrogen and oxygen atoms in total. The minimum atomic E-state index is -3.10. The molecule has 0 radical (unpaired) electrons. The van der Waals surface area contributed by atoms with E-state index < -0.39 is 9.84 Å². The SMILES string of the molecule is CC(=O)N(CC(=O)N(C)C1CCS(=O)(=O)C1)c1cc(Cl)ccc1Cl. The fraction of sp³-hybridized carbons (Fsp3) is 0.467. The standard InChI is InChI=1S/C15H18Cl2N2O4S/c1-10(20)19(14-7-11(16)3-4-13(14)17)8-15(21)18(2)12-5-6-24(22,23)9-12/h3-4,7,12H,5-6,8-9H2,1-2H3. The van der Waals surface area contributed by atoms with Crippen molar-refractivity contribution in [3.63, 3.8) is 0 Å². The Morgan fingerprint density at radius 1 is 1.29 bits per heavy atom. The number of hydrogen-bond acceptors (Lipinski definition) is 4. The lowest BCUT2D eigenvalue weighted by molar-refractivity contribution is -0.131. The van der Waals surface area contributed by atoms with E-state index in [9.17, 15) is 18.0 Å². The van der Waals surface area contributed by atoms with Gasteiger partial charge in [0.05, 0.1) is 22.2 Å². The largest absolute Gasteiger partial charge is 0.340 e. The molecule has 24 heavy (non-hydrogen) atoms. The van der Waals surface area contributed by atoms with Gasteiger partial charge >= 0.3 is 0 Å². The van der Waals surface area contributed by atoms with Crippen LogP contribution in [0, 0.1) is 0 Å². The minimum Gasteiger partial charge on any atom is -0.340 e. The van der Waals surface area contributed by atoms with Crippen LogP contribution in [0.25, 0.3) is 0 Å². The van der Waals surface area contributed by atoms with Crippen LogP contribution in [0.2, 0.25) is 10.0 Å². The van der Waals surface area contributed by atoms with Crippen LogP contribution < -0.4 is 4.90 Å². The van der Waals surface area contributed by atoms with Gasteiger partial charge in [-0.25, -0.2) is 8.42 Å². The second-order valence-electron chi connectivity index (χ2n) is 5.76. The molecular weight excluding hydrogens is 375 g/mol. The summed E-state index contributed by atoms with van der Waals surface area (Å²) in [6.45, 7) is 1.09. The van der Waals surface area contributed by atoms with E-state index in [1.807, 2.05) is 0 Å². The Balaban J connectivity index is 2.17. The molecule has 0 aromatic heterocycles. The number of rotatable bonds is 4. The van der Waals surface area contributed by atoms with Gasteiger partial charge in [0.2, 0.25) is 11.8 Å². The first-order valence-corrected chi connectivity index (χ1v) is 9.87. The number of carbonyl (C=O) groups excluding carboxylic acids is 2. The molecule has 1 aromatic carbocycles. The third kappa shape index (κ3) is 4.40. The molecule has 0 N–H and O–H groups in total. The molecule has 0 spiro atoms. The Morgan fingerprint density at radius 3 is 2.50 bits per heavy atom. The van der Waals surface area contributed by atoms with E-state index in [2.05, 4.69) is 0 Å². The highest BCUT2D eigenvalue weighted by atomic mass is 35.5. The number of amides is 2. The number of carbonyl (C=O) groups is 2. The van der Waals surface area contributed by atoms with Crippen LogP contribution in [0.15, 0.2) is 18.2 Å². The summed E-state index contributed by atoms with van der Waals surface area (Å²) in [7, 11) is -1.55. The number of likely N-dealkylation sites (N-methyl/N-ethyl adjacent to an activating group) is 1. The molecule has 2 rings (SSSR count).